The molecule has 1 saturated carbocycles. The van der Waals surface area contributed by atoms with E-state index in [-0.39, 0.29) is 27.7 Å². The van der Waals surface area contributed by atoms with Crippen LogP contribution in [0.3, 0.4) is 0 Å². The van der Waals surface area contributed by atoms with Crippen molar-refractivity contribution in [2.45, 2.75) is 33.3 Å². The zero-order valence-electron chi connectivity index (χ0n) is 12.5. The average Bonchev–Trinajstić information content (AvgIpc) is 2.93. The molecule has 0 saturated heterocycles. The zero-order valence-corrected chi connectivity index (χ0v) is 14.0. The minimum absolute atomic E-state index is 0.0223. The van der Waals surface area contributed by atoms with Gasteiger partial charge in [0.05, 0.1) is 5.92 Å². The highest BCUT2D eigenvalue weighted by Crippen LogP contribution is 2.60. The van der Waals surface area contributed by atoms with Crippen LogP contribution in [0.1, 0.15) is 27.2 Å². The molecular formula is C17H20Cl2O2. The van der Waals surface area contributed by atoms with Crippen molar-refractivity contribution < 1.29 is 9.53 Å². The fourth-order valence-electron chi connectivity index (χ4n) is 2.40. The van der Waals surface area contributed by atoms with Crippen molar-refractivity contribution in [2.24, 2.45) is 17.3 Å². The van der Waals surface area contributed by atoms with E-state index in [0.717, 1.165) is 5.57 Å². The second kappa shape index (κ2) is 7.20. The van der Waals surface area contributed by atoms with E-state index in [1.54, 1.807) is 12.2 Å². The van der Waals surface area contributed by atoms with E-state index in [4.69, 9.17) is 34.4 Å². The summed E-state index contributed by atoms with van der Waals surface area (Å²) in [6.45, 7) is 9.43. The molecule has 114 valence electrons. The van der Waals surface area contributed by atoms with Crippen molar-refractivity contribution in [3.8, 4) is 12.3 Å². The summed E-state index contributed by atoms with van der Waals surface area (Å²) in [4.78, 5) is 12.3. The first-order chi connectivity index (χ1) is 9.75. The van der Waals surface area contributed by atoms with E-state index < -0.39 is 6.10 Å². The predicted molar refractivity (Wildman–Crippen MR) is 87.8 cm³/mol. The molecule has 3 unspecified atom stereocenters. The maximum Gasteiger partial charge on any atom is 0.311 e. The van der Waals surface area contributed by atoms with Crippen LogP contribution < -0.4 is 0 Å². The fourth-order valence-corrected chi connectivity index (χ4v) is 2.67. The van der Waals surface area contributed by atoms with Crippen LogP contribution in [0, 0.1) is 29.6 Å². The first-order valence-electron chi connectivity index (χ1n) is 6.72. The Balaban J connectivity index is 2.75. The molecule has 0 spiro atoms. The van der Waals surface area contributed by atoms with E-state index in [1.807, 2.05) is 26.8 Å². The van der Waals surface area contributed by atoms with E-state index >= 15 is 0 Å². The molecule has 0 aromatic carbocycles. The van der Waals surface area contributed by atoms with Crippen molar-refractivity contribution in [2.75, 3.05) is 0 Å². The molecule has 1 fully saturated rings. The summed E-state index contributed by atoms with van der Waals surface area (Å²) >= 11 is 11.3. The maximum atomic E-state index is 12.3. The molecule has 21 heavy (non-hydrogen) atoms. The Kier molecular flexibility index (Phi) is 6.13. The molecule has 4 heteroatoms. The van der Waals surface area contributed by atoms with E-state index in [2.05, 4.69) is 12.5 Å². The van der Waals surface area contributed by atoms with E-state index in [0.29, 0.717) is 6.42 Å². The summed E-state index contributed by atoms with van der Waals surface area (Å²) < 4.78 is 5.60. The number of halogens is 2. The van der Waals surface area contributed by atoms with Crippen LogP contribution in [0.2, 0.25) is 0 Å². The van der Waals surface area contributed by atoms with Crippen LogP contribution >= 0.6 is 23.2 Å². The number of ether oxygens (including phenoxy) is 1. The molecule has 0 amide bonds. The third-order valence-electron chi connectivity index (χ3n) is 3.88. The van der Waals surface area contributed by atoms with Crippen LogP contribution in [-0.4, -0.2) is 12.1 Å². The van der Waals surface area contributed by atoms with Crippen molar-refractivity contribution in [1.82, 2.24) is 0 Å². The van der Waals surface area contributed by atoms with E-state index in [9.17, 15) is 4.79 Å². The van der Waals surface area contributed by atoms with Gasteiger partial charge in [0.1, 0.15) is 4.49 Å². The molecule has 0 heterocycles. The number of esters is 1. The fraction of sp³-hybridized carbons (Fsp3) is 0.471. The van der Waals surface area contributed by atoms with Crippen LogP contribution in [0.5, 0.6) is 0 Å². The van der Waals surface area contributed by atoms with Gasteiger partial charge in [-0.15, -0.1) is 13.0 Å². The number of hydrogen-bond acceptors (Lipinski definition) is 2. The Labute approximate surface area is 136 Å². The molecule has 0 aromatic rings. The summed E-state index contributed by atoms with van der Waals surface area (Å²) in [6, 6.07) is 0. The van der Waals surface area contributed by atoms with Gasteiger partial charge in [0, 0.05) is 0 Å². The molecule has 0 radical (unpaired) electrons. The van der Waals surface area contributed by atoms with E-state index in [1.165, 1.54) is 0 Å². The first kappa shape index (κ1) is 17.9. The van der Waals surface area contributed by atoms with Crippen molar-refractivity contribution in [3.63, 3.8) is 0 Å². The van der Waals surface area contributed by atoms with Gasteiger partial charge in [-0.1, -0.05) is 55.1 Å². The van der Waals surface area contributed by atoms with Gasteiger partial charge in [-0.2, -0.15) is 0 Å². The van der Waals surface area contributed by atoms with Crippen molar-refractivity contribution in [3.05, 3.63) is 34.9 Å². The summed E-state index contributed by atoms with van der Waals surface area (Å²) in [7, 11) is 0. The normalized spacial score (nSPS) is 24.5. The van der Waals surface area contributed by atoms with Crippen LogP contribution in [0.15, 0.2) is 34.9 Å². The lowest BCUT2D eigenvalue weighted by Gasteiger charge is -2.13. The standard InChI is InChI=1S/C17H20Cl2O2/c1-6-8-9-11(3)13(7-2)21-16(20)15-12(10-14(18)19)17(15,4)5/h2,6,9-10,12-13,15H,1,8H2,3-5H3. The van der Waals surface area contributed by atoms with Crippen LogP contribution in [-0.2, 0) is 9.53 Å². The summed E-state index contributed by atoms with van der Waals surface area (Å²) in [6.07, 6.45) is 10.8. The highest BCUT2D eigenvalue weighted by molar-refractivity contribution is 6.55. The lowest BCUT2D eigenvalue weighted by Crippen LogP contribution is -2.20. The number of carbonyl (C=O) groups is 1. The monoisotopic (exact) mass is 326 g/mol. The molecule has 0 N–H and O–H groups in total. The zero-order chi connectivity index (χ0) is 16.2. The molecule has 0 bridgehead atoms. The highest BCUT2D eigenvalue weighted by atomic mass is 35.5. The molecule has 1 aliphatic rings. The molecule has 0 aliphatic heterocycles. The molecule has 1 rings (SSSR count). The third kappa shape index (κ3) is 4.40. The highest BCUT2D eigenvalue weighted by Gasteiger charge is 2.61. The second-order valence-corrected chi connectivity index (χ2v) is 6.75. The molecular weight excluding hydrogens is 307 g/mol. The van der Waals surface area contributed by atoms with Gasteiger partial charge in [-0.05, 0) is 36.3 Å². The van der Waals surface area contributed by atoms with Gasteiger partial charge in [0.2, 0.25) is 0 Å². The van der Waals surface area contributed by atoms with Gasteiger partial charge in [-0.3, -0.25) is 4.79 Å². The maximum absolute atomic E-state index is 12.3. The van der Waals surface area contributed by atoms with Gasteiger partial charge >= 0.3 is 5.97 Å². The Hall–Kier alpha value is -1.17. The average molecular weight is 327 g/mol. The smallest absolute Gasteiger partial charge is 0.311 e. The number of allylic oxidation sites excluding steroid dienone is 3. The minimum atomic E-state index is -0.648. The third-order valence-corrected chi connectivity index (χ3v) is 4.13. The molecule has 0 aromatic heterocycles. The predicted octanol–water partition coefficient (Wildman–Crippen LogP) is 4.65. The van der Waals surface area contributed by atoms with Crippen molar-refractivity contribution >= 4 is 29.2 Å². The number of rotatable bonds is 6. The van der Waals surface area contributed by atoms with Crippen LogP contribution in [0.25, 0.3) is 0 Å². The Morgan fingerprint density at radius 1 is 1.52 bits per heavy atom. The summed E-state index contributed by atoms with van der Waals surface area (Å²) in [5, 5.41) is 0. The topological polar surface area (TPSA) is 26.3 Å². The van der Waals surface area contributed by atoms with Gasteiger partial charge in [-0.25, -0.2) is 0 Å². The number of hydrogen-bond donors (Lipinski definition) is 0. The molecule has 2 nitrogen and oxygen atoms in total. The minimum Gasteiger partial charge on any atom is -0.444 e. The number of terminal acetylenes is 1. The molecule has 1 aliphatic carbocycles. The largest absolute Gasteiger partial charge is 0.444 e. The quantitative estimate of drug-likeness (QED) is 0.403. The molecule has 3 atom stereocenters. The lowest BCUT2D eigenvalue weighted by atomic mass is 10.1. The number of carbonyl (C=O) groups excluding carboxylic acids is 1. The van der Waals surface area contributed by atoms with Crippen molar-refractivity contribution in [1.29, 1.82) is 0 Å². The summed E-state index contributed by atoms with van der Waals surface area (Å²) in [5.41, 5.74) is 0.607. The Bertz CT molecular complexity index is 519. The van der Waals surface area contributed by atoms with Gasteiger partial charge < -0.3 is 4.74 Å². The van der Waals surface area contributed by atoms with Gasteiger partial charge in [0.25, 0.3) is 0 Å². The summed E-state index contributed by atoms with van der Waals surface area (Å²) in [5.74, 6) is 1.89. The SMILES string of the molecule is C#CC(OC(=O)C1C(C=C(Cl)Cl)C1(C)C)C(C)=CCC=C. The Morgan fingerprint density at radius 3 is 2.62 bits per heavy atom. The Morgan fingerprint density at radius 2 is 2.14 bits per heavy atom. The lowest BCUT2D eigenvalue weighted by molar-refractivity contribution is -0.147. The van der Waals surface area contributed by atoms with Gasteiger partial charge in [0.15, 0.2) is 6.10 Å². The first-order valence-corrected chi connectivity index (χ1v) is 7.48. The van der Waals surface area contributed by atoms with Crippen LogP contribution in [0.4, 0.5) is 0 Å². The second-order valence-electron chi connectivity index (χ2n) is 5.74.